The van der Waals surface area contributed by atoms with Gasteiger partial charge in [0.2, 0.25) is 0 Å². The number of aromatic nitrogens is 4. The van der Waals surface area contributed by atoms with Crippen molar-refractivity contribution in [1.82, 2.24) is 19.5 Å². The predicted octanol–water partition coefficient (Wildman–Crippen LogP) is -0.0878. The molecule has 1 aliphatic heterocycles. The zero-order valence-electron chi connectivity index (χ0n) is 13.2. The molecular weight excluding hydrogens is 302 g/mol. The fraction of sp³-hybridized carbons (Fsp3) is 0.643. The van der Waals surface area contributed by atoms with Gasteiger partial charge in [-0.3, -0.25) is 4.57 Å². The van der Waals surface area contributed by atoms with Gasteiger partial charge in [0.15, 0.2) is 17.7 Å². The molecule has 1 aliphatic rings. The topological polar surface area (TPSA) is 115 Å². The van der Waals surface area contributed by atoms with E-state index >= 15 is 0 Å². The van der Waals surface area contributed by atoms with Crippen LogP contribution in [0.1, 0.15) is 20.1 Å². The van der Waals surface area contributed by atoms with Crippen LogP contribution >= 0.6 is 0 Å². The standard InChI is InChI=1S/C14H21N5O4/c1-7(2)22-4-8-10(20)11(21)14(23-8)19-6-18-9-12(15-3)16-5-17-13(9)19/h5-8,10-11,14,20-21H,4H2,1-3H3,(H,15,16,17)/t8-,10-,11-,14-/m1/s1. The first-order chi connectivity index (χ1) is 11.0. The summed E-state index contributed by atoms with van der Waals surface area (Å²) in [5, 5.41) is 23.4. The van der Waals surface area contributed by atoms with Crippen molar-refractivity contribution in [3.63, 3.8) is 0 Å². The van der Waals surface area contributed by atoms with Crippen molar-refractivity contribution < 1.29 is 19.7 Å². The number of imidazole rings is 1. The molecule has 2 aromatic rings. The summed E-state index contributed by atoms with van der Waals surface area (Å²) in [6.45, 7) is 4.00. The number of fused-ring (bicyclic) bond motifs is 1. The highest BCUT2D eigenvalue weighted by Crippen LogP contribution is 2.32. The van der Waals surface area contributed by atoms with Crippen molar-refractivity contribution in [3.8, 4) is 0 Å². The van der Waals surface area contributed by atoms with Gasteiger partial charge in [-0.1, -0.05) is 0 Å². The number of aliphatic hydroxyl groups excluding tert-OH is 2. The van der Waals surface area contributed by atoms with Gasteiger partial charge < -0.3 is 25.0 Å². The molecular formula is C14H21N5O4. The van der Waals surface area contributed by atoms with Crippen LogP contribution in [0.5, 0.6) is 0 Å². The predicted molar refractivity (Wildman–Crippen MR) is 81.9 cm³/mol. The lowest BCUT2D eigenvalue weighted by atomic mass is 10.1. The average Bonchev–Trinajstić information content (AvgIpc) is 3.08. The number of nitrogens with one attached hydrogen (secondary N) is 1. The molecule has 0 unspecified atom stereocenters. The highest BCUT2D eigenvalue weighted by atomic mass is 16.6. The quantitative estimate of drug-likeness (QED) is 0.699. The Labute approximate surface area is 133 Å². The van der Waals surface area contributed by atoms with Crippen molar-refractivity contribution in [2.24, 2.45) is 0 Å². The lowest BCUT2D eigenvalue weighted by Crippen LogP contribution is -2.34. The second kappa shape index (κ2) is 6.36. The van der Waals surface area contributed by atoms with E-state index in [0.29, 0.717) is 17.0 Å². The number of aliphatic hydroxyl groups is 2. The highest BCUT2D eigenvalue weighted by molar-refractivity contribution is 5.82. The van der Waals surface area contributed by atoms with Crippen LogP contribution in [0.15, 0.2) is 12.7 Å². The largest absolute Gasteiger partial charge is 0.387 e. The Hall–Kier alpha value is -1.81. The van der Waals surface area contributed by atoms with Gasteiger partial charge >= 0.3 is 0 Å². The van der Waals surface area contributed by atoms with Crippen molar-refractivity contribution in [3.05, 3.63) is 12.7 Å². The van der Waals surface area contributed by atoms with Crippen LogP contribution in [0.3, 0.4) is 0 Å². The molecule has 0 aromatic carbocycles. The molecule has 3 rings (SSSR count). The molecule has 1 saturated heterocycles. The Morgan fingerprint density at radius 2 is 2.09 bits per heavy atom. The fourth-order valence-corrected chi connectivity index (χ4v) is 2.61. The van der Waals surface area contributed by atoms with Gasteiger partial charge in [-0.2, -0.15) is 0 Å². The normalized spacial score (nSPS) is 27.9. The van der Waals surface area contributed by atoms with Gasteiger partial charge in [0, 0.05) is 7.05 Å². The van der Waals surface area contributed by atoms with Crippen LogP contribution in [0.4, 0.5) is 5.82 Å². The molecule has 2 aromatic heterocycles. The number of anilines is 1. The molecule has 0 amide bonds. The minimum atomic E-state index is -1.10. The average molecular weight is 323 g/mol. The smallest absolute Gasteiger partial charge is 0.167 e. The van der Waals surface area contributed by atoms with E-state index in [2.05, 4.69) is 20.3 Å². The van der Waals surface area contributed by atoms with E-state index < -0.39 is 24.5 Å². The van der Waals surface area contributed by atoms with E-state index in [1.807, 2.05) is 13.8 Å². The summed E-state index contributed by atoms with van der Waals surface area (Å²) >= 11 is 0. The third-order valence-electron chi connectivity index (χ3n) is 3.80. The van der Waals surface area contributed by atoms with Crippen molar-refractivity contribution in [2.75, 3.05) is 19.0 Å². The Balaban J connectivity index is 1.87. The Morgan fingerprint density at radius 3 is 2.78 bits per heavy atom. The molecule has 3 heterocycles. The zero-order chi connectivity index (χ0) is 16.6. The Morgan fingerprint density at radius 1 is 1.30 bits per heavy atom. The van der Waals surface area contributed by atoms with Crippen LogP contribution in [0.25, 0.3) is 11.2 Å². The summed E-state index contributed by atoms with van der Waals surface area (Å²) in [6, 6.07) is 0. The lowest BCUT2D eigenvalue weighted by molar-refractivity contribution is -0.0754. The Kier molecular flexibility index (Phi) is 4.44. The first-order valence-corrected chi connectivity index (χ1v) is 7.51. The lowest BCUT2D eigenvalue weighted by Gasteiger charge is -2.17. The summed E-state index contributed by atoms with van der Waals surface area (Å²) in [6.07, 6.45) is -0.587. The first kappa shape index (κ1) is 16.1. The van der Waals surface area contributed by atoms with Gasteiger partial charge in [0.1, 0.15) is 30.2 Å². The van der Waals surface area contributed by atoms with E-state index in [9.17, 15) is 10.2 Å². The molecule has 0 radical (unpaired) electrons. The highest BCUT2D eigenvalue weighted by Gasteiger charge is 2.44. The second-order valence-corrected chi connectivity index (χ2v) is 5.72. The summed E-state index contributed by atoms with van der Waals surface area (Å²) in [5.41, 5.74) is 1.09. The molecule has 3 N–H and O–H groups in total. The number of hydrogen-bond donors (Lipinski definition) is 3. The van der Waals surface area contributed by atoms with E-state index in [4.69, 9.17) is 9.47 Å². The summed E-state index contributed by atoms with van der Waals surface area (Å²) < 4.78 is 12.9. The molecule has 9 nitrogen and oxygen atoms in total. The van der Waals surface area contributed by atoms with Crippen molar-refractivity contribution in [2.45, 2.75) is 44.5 Å². The number of nitrogens with zero attached hydrogens (tertiary/aromatic N) is 4. The number of rotatable bonds is 5. The van der Waals surface area contributed by atoms with Crippen molar-refractivity contribution in [1.29, 1.82) is 0 Å². The molecule has 4 atom stereocenters. The molecule has 0 spiro atoms. The minimum Gasteiger partial charge on any atom is -0.387 e. The molecule has 23 heavy (non-hydrogen) atoms. The summed E-state index contributed by atoms with van der Waals surface area (Å²) in [7, 11) is 1.74. The van der Waals surface area contributed by atoms with Crippen LogP contribution < -0.4 is 5.32 Å². The summed E-state index contributed by atoms with van der Waals surface area (Å²) in [5.74, 6) is 0.585. The van der Waals surface area contributed by atoms with Gasteiger partial charge in [-0.25, -0.2) is 15.0 Å². The molecule has 0 aliphatic carbocycles. The monoisotopic (exact) mass is 323 g/mol. The third-order valence-corrected chi connectivity index (χ3v) is 3.80. The van der Waals surface area contributed by atoms with Crippen LogP contribution in [0.2, 0.25) is 0 Å². The van der Waals surface area contributed by atoms with E-state index in [1.54, 1.807) is 11.6 Å². The molecule has 1 fully saturated rings. The van der Waals surface area contributed by atoms with E-state index in [-0.39, 0.29) is 12.7 Å². The van der Waals surface area contributed by atoms with Crippen LogP contribution in [-0.2, 0) is 9.47 Å². The molecule has 9 heteroatoms. The molecule has 0 saturated carbocycles. The first-order valence-electron chi connectivity index (χ1n) is 7.51. The van der Waals surface area contributed by atoms with Crippen LogP contribution in [0, 0.1) is 0 Å². The van der Waals surface area contributed by atoms with Gasteiger partial charge in [0.05, 0.1) is 19.0 Å². The molecule has 126 valence electrons. The maximum Gasteiger partial charge on any atom is 0.167 e. The Bertz CT molecular complexity index is 676. The number of ether oxygens (including phenoxy) is 2. The minimum absolute atomic E-state index is 0.0157. The second-order valence-electron chi connectivity index (χ2n) is 5.72. The van der Waals surface area contributed by atoms with Gasteiger partial charge in [-0.05, 0) is 13.8 Å². The third kappa shape index (κ3) is 2.88. The van der Waals surface area contributed by atoms with Crippen molar-refractivity contribution >= 4 is 17.0 Å². The van der Waals surface area contributed by atoms with E-state index in [1.165, 1.54) is 12.7 Å². The fourth-order valence-electron chi connectivity index (χ4n) is 2.61. The van der Waals surface area contributed by atoms with Crippen LogP contribution in [-0.4, -0.2) is 67.8 Å². The summed E-state index contributed by atoms with van der Waals surface area (Å²) in [4.78, 5) is 12.6. The number of hydrogen-bond acceptors (Lipinski definition) is 8. The van der Waals surface area contributed by atoms with Gasteiger partial charge in [-0.15, -0.1) is 0 Å². The maximum atomic E-state index is 10.3. The van der Waals surface area contributed by atoms with E-state index in [0.717, 1.165) is 0 Å². The zero-order valence-corrected chi connectivity index (χ0v) is 13.2. The maximum absolute atomic E-state index is 10.3. The molecule has 0 bridgehead atoms. The van der Waals surface area contributed by atoms with Gasteiger partial charge in [0.25, 0.3) is 0 Å². The SMILES string of the molecule is CNc1ncnc2c1ncn2[C@@H]1O[C@H](COC(C)C)[C@@H](O)[C@H]1O.